The van der Waals surface area contributed by atoms with Crippen LogP contribution in [0.1, 0.15) is 18.4 Å². The average Bonchev–Trinajstić information content (AvgIpc) is 2.72. The molecule has 2 bridgehead atoms. The summed E-state index contributed by atoms with van der Waals surface area (Å²) in [5, 5.41) is 37.2. The molecule has 2 aliphatic rings. The van der Waals surface area contributed by atoms with Crippen LogP contribution < -0.4 is 0 Å². The van der Waals surface area contributed by atoms with Gasteiger partial charge in [-0.1, -0.05) is 30.3 Å². The van der Waals surface area contributed by atoms with Crippen molar-refractivity contribution < 1.29 is 9.47 Å². The van der Waals surface area contributed by atoms with Gasteiger partial charge in [0.2, 0.25) is 11.7 Å². The number of hydrogen-bond acceptors (Lipinski definition) is 6. The highest BCUT2D eigenvalue weighted by Gasteiger charge is 2.76. The minimum atomic E-state index is -1.78. The fraction of sp³-hybridized carbons (Fsp3) is 0.375. The Labute approximate surface area is 127 Å². The fourth-order valence-corrected chi connectivity index (χ4v) is 3.46. The summed E-state index contributed by atoms with van der Waals surface area (Å²) in [5.41, 5.74) is -2.77. The molecule has 22 heavy (non-hydrogen) atoms. The van der Waals surface area contributed by atoms with Crippen molar-refractivity contribution >= 4 is 5.90 Å². The predicted octanol–water partition coefficient (Wildman–Crippen LogP) is 2.07. The Morgan fingerprint density at radius 3 is 2.32 bits per heavy atom. The van der Waals surface area contributed by atoms with Crippen molar-refractivity contribution in [2.45, 2.75) is 18.6 Å². The van der Waals surface area contributed by atoms with Gasteiger partial charge in [-0.25, -0.2) is 0 Å². The first-order valence-electron chi connectivity index (χ1n) is 6.70. The minimum absolute atomic E-state index is 0.268. The first kappa shape index (κ1) is 14.1. The highest BCUT2D eigenvalue weighted by molar-refractivity contribution is 5.90. The van der Waals surface area contributed by atoms with E-state index in [2.05, 4.69) is 6.07 Å². The zero-order valence-electron chi connectivity index (χ0n) is 11.8. The average molecular weight is 292 g/mol. The van der Waals surface area contributed by atoms with E-state index in [1.807, 2.05) is 18.2 Å². The van der Waals surface area contributed by atoms with Gasteiger partial charge in [0.05, 0.1) is 30.7 Å². The molecule has 0 spiro atoms. The van der Waals surface area contributed by atoms with Gasteiger partial charge in [-0.3, -0.25) is 5.41 Å². The van der Waals surface area contributed by atoms with E-state index < -0.39 is 22.5 Å². The third-order valence-corrected chi connectivity index (χ3v) is 4.56. The molecule has 3 atom stereocenters. The molecule has 6 heteroatoms. The normalized spacial score (nSPS) is 34.8. The molecule has 2 heterocycles. The summed E-state index contributed by atoms with van der Waals surface area (Å²) in [6.07, 6.45) is 0. The van der Waals surface area contributed by atoms with E-state index in [1.165, 1.54) is 0 Å². The number of benzene rings is 1. The predicted molar refractivity (Wildman–Crippen MR) is 74.1 cm³/mol. The molecule has 0 aromatic heterocycles. The first-order chi connectivity index (χ1) is 10.5. The lowest BCUT2D eigenvalue weighted by molar-refractivity contribution is -0.213. The van der Waals surface area contributed by atoms with Crippen molar-refractivity contribution in [1.82, 2.24) is 0 Å². The number of hydrogen-bond donors (Lipinski definition) is 1. The zero-order chi connectivity index (χ0) is 16.0. The second kappa shape index (κ2) is 4.31. The maximum Gasteiger partial charge on any atom is 0.218 e. The van der Waals surface area contributed by atoms with E-state index >= 15 is 0 Å². The summed E-state index contributed by atoms with van der Waals surface area (Å²) >= 11 is 0. The Bertz CT molecular complexity index is 756. The Kier molecular flexibility index (Phi) is 2.75. The van der Waals surface area contributed by atoms with E-state index in [0.29, 0.717) is 5.56 Å². The molecule has 0 amide bonds. The van der Waals surface area contributed by atoms with Crippen LogP contribution in [0.2, 0.25) is 0 Å². The van der Waals surface area contributed by atoms with Crippen LogP contribution in [0.15, 0.2) is 30.3 Å². The summed E-state index contributed by atoms with van der Waals surface area (Å²) in [5.74, 6) is -2.36. The van der Waals surface area contributed by atoms with Gasteiger partial charge in [0.25, 0.3) is 0 Å². The van der Waals surface area contributed by atoms with Crippen LogP contribution in [0.3, 0.4) is 0 Å². The molecule has 6 nitrogen and oxygen atoms in total. The molecule has 3 unspecified atom stereocenters. The summed E-state index contributed by atoms with van der Waals surface area (Å²) in [6, 6.07) is 14.8. The first-order valence-corrected chi connectivity index (χ1v) is 6.70. The van der Waals surface area contributed by atoms with Crippen molar-refractivity contribution in [3.05, 3.63) is 35.9 Å². The van der Waals surface area contributed by atoms with Crippen LogP contribution in [0.25, 0.3) is 0 Å². The van der Waals surface area contributed by atoms with Crippen LogP contribution in [0, 0.1) is 50.2 Å². The lowest BCUT2D eigenvalue weighted by atomic mass is 9.55. The summed E-state index contributed by atoms with van der Waals surface area (Å²) in [7, 11) is 0. The van der Waals surface area contributed by atoms with Gasteiger partial charge in [0.15, 0.2) is 10.8 Å². The van der Waals surface area contributed by atoms with Gasteiger partial charge in [-0.2, -0.15) is 15.8 Å². The van der Waals surface area contributed by atoms with E-state index in [1.54, 1.807) is 31.2 Å². The second-order valence-corrected chi connectivity index (χ2v) is 5.63. The van der Waals surface area contributed by atoms with E-state index in [4.69, 9.17) is 14.9 Å². The smallest absolute Gasteiger partial charge is 0.218 e. The van der Waals surface area contributed by atoms with E-state index in [-0.39, 0.29) is 12.5 Å². The fourth-order valence-electron chi connectivity index (χ4n) is 3.46. The van der Waals surface area contributed by atoms with Crippen LogP contribution in [0.5, 0.6) is 0 Å². The van der Waals surface area contributed by atoms with Crippen LogP contribution >= 0.6 is 0 Å². The van der Waals surface area contributed by atoms with Crippen LogP contribution in [-0.2, 0) is 9.47 Å². The third-order valence-electron chi connectivity index (χ3n) is 4.56. The number of rotatable bonds is 1. The van der Waals surface area contributed by atoms with Gasteiger partial charge in [-0.15, -0.1) is 0 Å². The quantitative estimate of drug-likeness (QED) is 0.851. The molecule has 2 saturated heterocycles. The maximum atomic E-state index is 9.85. The molecule has 0 aliphatic carbocycles. The Hall–Kier alpha value is -2.88. The molecule has 2 fully saturated rings. The SMILES string of the molecule is CC12OCC(C#N)(C#N)C(C#N)(C(=N)O1)C2c1ccccc1. The molecule has 1 aromatic carbocycles. The third kappa shape index (κ3) is 1.36. The molecule has 3 rings (SSSR count). The molecule has 1 aromatic rings. The summed E-state index contributed by atoms with van der Waals surface area (Å²) in [6.45, 7) is 1.37. The Balaban J connectivity index is 2.34. The van der Waals surface area contributed by atoms with Gasteiger partial charge in [0.1, 0.15) is 0 Å². The lowest BCUT2D eigenvalue weighted by Crippen LogP contribution is -2.56. The molecule has 108 valence electrons. The zero-order valence-corrected chi connectivity index (χ0v) is 11.8. The minimum Gasteiger partial charge on any atom is -0.447 e. The monoisotopic (exact) mass is 292 g/mol. The van der Waals surface area contributed by atoms with Crippen LogP contribution in [-0.4, -0.2) is 18.3 Å². The molecule has 0 radical (unpaired) electrons. The molecule has 1 N–H and O–H groups in total. The second-order valence-electron chi connectivity index (χ2n) is 5.63. The summed E-state index contributed by atoms with van der Waals surface area (Å²) < 4.78 is 11.2. The van der Waals surface area contributed by atoms with Gasteiger partial charge in [-0.05, 0) is 5.56 Å². The standard InChI is InChI=1S/C16H12N4O2/c1-14-12(11-5-3-2-4-6-11)16(9-19,13(20)22-14)15(7-17,8-18)10-21-14/h2-6,12,20H,10H2,1H3. The highest BCUT2D eigenvalue weighted by Crippen LogP contribution is 2.63. The number of ether oxygens (including phenoxy) is 2. The van der Waals surface area contributed by atoms with Crippen molar-refractivity contribution in [3.63, 3.8) is 0 Å². The maximum absolute atomic E-state index is 9.85. The highest BCUT2D eigenvalue weighted by atomic mass is 16.7. The Morgan fingerprint density at radius 2 is 1.77 bits per heavy atom. The number of nitriles is 3. The van der Waals surface area contributed by atoms with Gasteiger partial charge in [0, 0.05) is 6.92 Å². The van der Waals surface area contributed by atoms with Crippen molar-refractivity contribution in [3.8, 4) is 18.2 Å². The molecule has 2 aliphatic heterocycles. The number of nitrogens with one attached hydrogen (secondary N) is 1. The Morgan fingerprint density at radius 1 is 1.14 bits per heavy atom. The molecular weight excluding hydrogens is 280 g/mol. The molecular formula is C16H12N4O2. The largest absolute Gasteiger partial charge is 0.447 e. The van der Waals surface area contributed by atoms with Crippen molar-refractivity contribution in [2.24, 2.45) is 10.8 Å². The van der Waals surface area contributed by atoms with Crippen LogP contribution in [0.4, 0.5) is 0 Å². The summed E-state index contributed by atoms with van der Waals surface area (Å²) in [4.78, 5) is 0. The van der Waals surface area contributed by atoms with E-state index in [0.717, 1.165) is 0 Å². The van der Waals surface area contributed by atoms with E-state index in [9.17, 15) is 15.8 Å². The van der Waals surface area contributed by atoms with Crippen molar-refractivity contribution in [2.75, 3.05) is 6.61 Å². The lowest BCUT2D eigenvalue weighted by Gasteiger charge is -2.44. The van der Waals surface area contributed by atoms with Crippen molar-refractivity contribution in [1.29, 1.82) is 21.2 Å². The van der Waals surface area contributed by atoms with Gasteiger partial charge >= 0.3 is 0 Å². The van der Waals surface area contributed by atoms with Gasteiger partial charge < -0.3 is 9.47 Å². The number of fused-ring (bicyclic) bond motifs is 2. The topological polar surface area (TPSA) is 114 Å². The molecule has 0 saturated carbocycles. The number of nitrogens with zero attached hydrogens (tertiary/aromatic N) is 3.